The van der Waals surface area contributed by atoms with Crippen molar-refractivity contribution < 1.29 is 14.2 Å². The van der Waals surface area contributed by atoms with Crippen LogP contribution in [0.1, 0.15) is 12.5 Å². The van der Waals surface area contributed by atoms with Crippen molar-refractivity contribution in [3.63, 3.8) is 0 Å². The zero-order valence-corrected chi connectivity index (χ0v) is 7.88. The molecule has 1 rings (SSSR count). The van der Waals surface area contributed by atoms with E-state index in [1.165, 1.54) is 18.2 Å². The minimum Gasteiger partial charge on any atom is -0.481 e. The topological polar surface area (TPSA) is 29.5 Å². The molecule has 0 radical (unpaired) electrons. The number of benzene rings is 1. The first-order valence-electron chi connectivity index (χ1n) is 4.19. The predicted molar refractivity (Wildman–Crippen MR) is 51.3 cm³/mol. The summed E-state index contributed by atoms with van der Waals surface area (Å²) in [4.78, 5) is 0. The highest BCUT2D eigenvalue weighted by atomic mass is 19.1. The summed E-state index contributed by atoms with van der Waals surface area (Å²) in [5.41, 5.74) is 0.433. The zero-order valence-electron chi connectivity index (χ0n) is 7.88. The molecule has 0 fully saturated rings. The molecule has 0 aliphatic heterocycles. The molecule has 1 N–H and O–H groups in total. The van der Waals surface area contributed by atoms with Crippen LogP contribution in [0, 0.1) is 17.7 Å². The normalized spacial score (nSPS) is 9.07. The van der Waals surface area contributed by atoms with Crippen LogP contribution in [0.5, 0.6) is 5.75 Å². The molecule has 0 amide bonds. The minimum absolute atomic E-state index is 0.243. The molecule has 1 aromatic rings. The SMILES string of the molecule is CC#CCOc1ccc(F)cc1CO. The van der Waals surface area contributed by atoms with Gasteiger partial charge >= 0.3 is 0 Å². The van der Waals surface area contributed by atoms with Crippen molar-refractivity contribution >= 4 is 0 Å². The van der Waals surface area contributed by atoms with Crippen molar-refractivity contribution in [1.29, 1.82) is 0 Å². The van der Waals surface area contributed by atoms with Gasteiger partial charge in [0.2, 0.25) is 0 Å². The second-order valence-corrected chi connectivity index (χ2v) is 2.63. The fourth-order valence-electron chi connectivity index (χ4n) is 0.998. The molecule has 74 valence electrons. The first-order valence-corrected chi connectivity index (χ1v) is 4.19. The highest BCUT2D eigenvalue weighted by molar-refractivity contribution is 5.33. The van der Waals surface area contributed by atoms with E-state index >= 15 is 0 Å². The van der Waals surface area contributed by atoms with E-state index in [-0.39, 0.29) is 19.0 Å². The van der Waals surface area contributed by atoms with Crippen LogP contribution in [-0.4, -0.2) is 11.7 Å². The van der Waals surface area contributed by atoms with Gasteiger partial charge in [-0.3, -0.25) is 0 Å². The van der Waals surface area contributed by atoms with Crippen LogP contribution < -0.4 is 4.74 Å². The fourth-order valence-corrected chi connectivity index (χ4v) is 0.998. The Bertz CT molecular complexity index is 363. The summed E-state index contributed by atoms with van der Waals surface area (Å²) in [5, 5.41) is 8.92. The summed E-state index contributed by atoms with van der Waals surface area (Å²) in [6.07, 6.45) is 0. The molecule has 2 nitrogen and oxygen atoms in total. The summed E-state index contributed by atoms with van der Waals surface area (Å²) >= 11 is 0. The average molecular weight is 194 g/mol. The van der Waals surface area contributed by atoms with E-state index in [9.17, 15) is 4.39 Å². The molecule has 0 heterocycles. The average Bonchev–Trinajstić information content (AvgIpc) is 2.20. The largest absolute Gasteiger partial charge is 0.481 e. The van der Waals surface area contributed by atoms with E-state index in [0.717, 1.165) is 0 Å². The van der Waals surface area contributed by atoms with E-state index in [0.29, 0.717) is 11.3 Å². The van der Waals surface area contributed by atoms with Gasteiger partial charge < -0.3 is 9.84 Å². The van der Waals surface area contributed by atoms with Gasteiger partial charge in [0.25, 0.3) is 0 Å². The Morgan fingerprint density at radius 2 is 2.29 bits per heavy atom. The zero-order chi connectivity index (χ0) is 10.4. The number of aliphatic hydroxyl groups excluding tert-OH is 1. The lowest BCUT2D eigenvalue weighted by molar-refractivity contribution is 0.270. The second kappa shape index (κ2) is 5.25. The van der Waals surface area contributed by atoms with Crippen LogP contribution in [-0.2, 0) is 6.61 Å². The van der Waals surface area contributed by atoms with Gasteiger partial charge in [0.05, 0.1) is 6.61 Å². The molecule has 0 spiro atoms. The standard InChI is InChI=1S/C11H11FO2/c1-2-3-6-14-11-5-4-10(12)7-9(11)8-13/h4-5,7,13H,6,8H2,1H3. The van der Waals surface area contributed by atoms with Crippen LogP contribution in [0.3, 0.4) is 0 Å². The third kappa shape index (κ3) is 2.75. The van der Waals surface area contributed by atoms with Crippen LogP contribution in [0.2, 0.25) is 0 Å². The van der Waals surface area contributed by atoms with Crippen LogP contribution in [0.4, 0.5) is 4.39 Å². The minimum atomic E-state index is -0.386. The maximum Gasteiger partial charge on any atom is 0.149 e. The van der Waals surface area contributed by atoms with E-state index in [1.54, 1.807) is 6.92 Å². The first-order chi connectivity index (χ1) is 6.77. The van der Waals surface area contributed by atoms with Crippen LogP contribution in [0.15, 0.2) is 18.2 Å². The quantitative estimate of drug-likeness (QED) is 0.742. The third-order valence-electron chi connectivity index (χ3n) is 1.67. The van der Waals surface area contributed by atoms with Gasteiger partial charge in [-0.05, 0) is 25.1 Å². The van der Waals surface area contributed by atoms with Gasteiger partial charge in [0, 0.05) is 5.56 Å². The molecule has 14 heavy (non-hydrogen) atoms. The first kappa shape index (κ1) is 10.6. The van der Waals surface area contributed by atoms with Crippen molar-refractivity contribution in [2.45, 2.75) is 13.5 Å². The van der Waals surface area contributed by atoms with Crippen molar-refractivity contribution in [2.24, 2.45) is 0 Å². The number of hydrogen-bond acceptors (Lipinski definition) is 2. The molecular formula is C11H11FO2. The highest BCUT2D eigenvalue weighted by Crippen LogP contribution is 2.19. The Labute approximate surface area is 82.3 Å². The summed E-state index contributed by atoms with van der Waals surface area (Å²) in [7, 11) is 0. The monoisotopic (exact) mass is 194 g/mol. The van der Waals surface area contributed by atoms with Gasteiger partial charge in [0.15, 0.2) is 0 Å². The smallest absolute Gasteiger partial charge is 0.149 e. The Hall–Kier alpha value is -1.53. The van der Waals surface area contributed by atoms with Crippen molar-refractivity contribution in [3.05, 3.63) is 29.6 Å². The Kier molecular flexibility index (Phi) is 3.96. The molecule has 0 saturated heterocycles. The maximum atomic E-state index is 12.7. The molecule has 0 bridgehead atoms. The lowest BCUT2D eigenvalue weighted by Gasteiger charge is -2.06. The Morgan fingerprint density at radius 1 is 1.50 bits per heavy atom. The van der Waals surface area contributed by atoms with E-state index in [2.05, 4.69) is 11.8 Å². The molecule has 0 saturated carbocycles. The Balaban J connectivity index is 2.78. The van der Waals surface area contributed by atoms with Gasteiger partial charge in [0.1, 0.15) is 18.2 Å². The van der Waals surface area contributed by atoms with Gasteiger partial charge in [-0.15, -0.1) is 5.92 Å². The highest BCUT2D eigenvalue weighted by Gasteiger charge is 2.03. The maximum absolute atomic E-state index is 12.7. The fraction of sp³-hybridized carbons (Fsp3) is 0.273. The summed E-state index contributed by atoms with van der Waals surface area (Å²) in [6.45, 7) is 1.71. The Morgan fingerprint density at radius 3 is 2.93 bits per heavy atom. The lowest BCUT2D eigenvalue weighted by Crippen LogP contribution is -1.98. The van der Waals surface area contributed by atoms with E-state index < -0.39 is 0 Å². The van der Waals surface area contributed by atoms with Crippen LogP contribution >= 0.6 is 0 Å². The summed E-state index contributed by atoms with van der Waals surface area (Å²) in [5.74, 6) is 5.47. The number of halogens is 1. The number of rotatable bonds is 3. The van der Waals surface area contributed by atoms with Crippen molar-refractivity contribution in [2.75, 3.05) is 6.61 Å². The predicted octanol–water partition coefficient (Wildman–Crippen LogP) is 1.72. The summed E-state index contributed by atoms with van der Waals surface area (Å²) in [6, 6.07) is 4.01. The second-order valence-electron chi connectivity index (χ2n) is 2.63. The summed E-state index contributed by atoms with van der Waals surface area (Å²) < 4.78 is 18.0. The van der Waals surface area contributed by atoms with Gasteiger partial charge in [-0.25, -0.2) is 4.39 Å². The number of hydrogen-bond donors (Lipinski definition) is 1. The van der Waals surface area contributed by atoms with E-state index in [1.807, 2.05) is 0 Å². The van der Waals surface area contributed by atoms with Gasteiger partial charge in [-0.1, -0.05) is 5.92 Å². The molecule has 3 heteroatoms. The molecule has 0 aromatic heterocycles. The van der Waals surface area contributed by atoms with Gasteiger partial charge in [-0.2, -0.15) is 0 Å². The molecule has 1 aromatic carbocycles. The van der Waals surface area contributed by atoms with E-state index in [4.69, 9.17) is 9.84 Å². The van der Waals surface area contributed by atoms with Crippen molar-refractivity contribution in [3.8, 4) is 17.6 Å². The number of ether oxygens (including phenoxy) is 1. The molecule has 0 unspecified atom stereocenters. The molecule has 0 atom stereocenters. The lowest BCUT2D eigenvalue weighted by atomic mass is 10.2. The molecule has 0 aliphatic rings. The molecular weight excluding hydrogens is 183 g/mol. The van der Waals surface area contributed by atoms with Crippen molar-refractivity contribution in [1.82, 2.24) is 0 Å². The third-order valence-corrected chi connectivity index (χ3v) is 1.67. The van der Waals surface area contributed by atoms with Crippen LogP contribution in [0.25, 0.3) is 0 Å². The molecule has 0 aliphatic carbocycles. The number of aliphatic hydroxyl groups is 1.